The monoisotopic (exact) mass is 234 g/mol. The van der Waals surface area contributed by atoms with Crippen molar-refractivity contribution < 1.29 is 14.5 Å². The molecule has 0 spiro atoms. The summed E-state index contributed by atoms with van der Waals surface area (Å²) in [4.78, 5) is 31.6. The molecule has 6 heteroatoms. The molecular weight excluding hydrogens is 224 g/mol. The van der Waals surface area contributed by atoms with E-state index in [1.807, 2.05) is 0 Å². The van der Waals surface area contributed by atoms with Crippen LogP contribution in [0.1, 0.15) is 5.56 Å². The van der Waals surface area contributed by atoms with Crippen LogP contribution in [0.2, 0.25) is 0 Å². The Morgan fingerprint density at radius 3 is 2.65 bits per heavy atom. The van der Waals surface area contributed by atoms with Gasteiger partial charge in [-0.25, -0.2) is 0 Å². The maximum absolute atomic E-state index is 11.2. The molecular formula is C11H10N2O4. The topological polar surface area (TPSA) is 89.3 Å². The number of carbonyl (C=O) groups excluding carboxylic acids is 2. The minimum atomic E-state index is -0.754. The first-order valence-electron chi connectivity index (χ1n) is 4.66. The van der Waals surface area contributed by atoms with Crippen molar-refractivity contribution in [3.63, 3.8) is 0 Å². The summed E-state index contributed by atoms with van der Waals surface area (Å²) in [5.74, 6) is -0.754. The van der Waals surface area contributed by atoms with Gasteiger partial charge in [0.25, 0.3) is 5.69 Å². The number of aldehydes is 1. The highest BCUT2D eigenvalue weighted by molar-refractivity contribution is 6.46. The van der Waals surface area contributed by atoms with Gasteiger partial charge < -0.3 is 5.32 Å². The van der Waals surface area contributed by atoms with Gasteiger partial charge in [-0.2, -0.15) is 0 Å². The molecule has 0 heterocycles. The van der Waals surface area contributed by atoms with Gasteiger partial charge in [0.15, 0.2) is 6.29 Å². The molecule has 0 amide bonds. The van der Waals surface area contributed by atoms with Crippen molar-refractivity contribution in [1.29, 1.82) is 0 Å². The quantitative estimate of drug-likeness (QED) is 0.273. The second-order valence-electron chi connectivity index (χ2n) is 3.20. The largest absolute Gasteiger partial charge is 0.387 e. The zero-order valence-corrected chi connectivity index (χ0v) is 9.10. The van der Waals surface area contributed by atoms with E-state index < -0.39 is 10.7 Å². The van der Waals surface area contributed by atoms with Gasteiger partial charge in [0.1, 0.15) is 0 Å². The van der Waals surface area contributed by atoms with Crippen molar-refractivity contribution in [2.24, 2.45) is 0 Å². The number of nitro groups is 1. The Hall–Kier alpha value is -2.50. The molecule has 0 bridgehead atoms. The number of rotatable bonds is 5. The van der Waals surface area contributed by atoms with Crippen LogP contribution in [0.15, 0.2) is 24.8 Å². The maximum Gasteiger partial charge on any atom is 0.271 e. The molecule has 6 nitrogen and oxygen atoms in total. The predicted octanol–water partition coefficient (Wildman–Crippen LogP) is 1.42. The normalized spacial score (nSPS) is 9.47. The number of anilines is 1. The van der Waals surface area contributed by atoms with Crippen molar-refractivity contribution in [3.8, 4) is 0 Å². The molecule has 88 valence electrons. The number of nitrogens with zero attached hydrogens (tertiary/aromatic N) is 1. The average molecular weight is 234 g/mol. The average Bonchev–Trinajstić information content (AvgIpc) is 2.35. The number of nitro benzene ring substituents is 1. The number of ketones is 1. The summed E-state index contributed by atoms with van der Waals surface area (Å²) in [6.45, 7) is 3.49. The van der Waals surface area contributed by atoms with Gasteiger partial charge in [-0.05, 0) is 6.07 Å². The van der Waals surface area contributed by atoms with E-state index >= 15 is 0 Å². The Morgan fingerprint density at radius 2 is 2.18 bits per heavy atom. The van der Waals surface area contributed by atoms with E-state index in [-0.39, 0.29) is 17.5 Å². The highest BCUT2D eigenvalue weighted by atomic mass is 16.6. The Labute approximate surface area is 97.1 Å². The number of non-ortho nitro benzene ring substituents is 1. The molecule has 0 saturated carbocycles. The first-order valence-corrected chi connectivity index (χ1v) is 4.66. The van der Waals surface area contributed by atoms with Crippen LogP contribution in [0.25, 0.3) is 5.57 Å². The van der Waals surface area contributed by atoms with Gasteiger partial charge in [0, 0.05) is 36.0 Å². The lowest BCUT2D eigenvalue weighted by atomic mass is 10.0. The lowest BCUT2D eigenvalue weighted by molar-refractivity contribution is -0.384. The molecule has 0 fully saturated rings. The number of hydrogen-bond donors (Lipinski definition) is 1. The second-order valence-corrected chi connectivity index (χ2v) is 3.20. The summed E-state index contributed by atoms with van der Waals surface area (Å²) < 4.78 is 0. The Kier molecular flexibility index (Phi) is 3.71. The number of nitrogens with one attached hydrogen (secondary N) is 1. The number of hydrogen-bond acceptors (Lipinski definition) is 5. The molecule has 0 aromatic heterocycles. The minimum absolute atomic E-state index is 0.000696. The molecule has 1 aromatic carbocycles. The van der Waals surface area contributed by atoms with Crippen molar-refractivity contribution in [2.45, 2.75) is 0 Å². The Morgan fingerprint density at radius 1 is 1.53 bits per heavy atom. The van der Waals surface area contributed by atoms with E-state index in [0.29, 0.717) is 11.3 Å². The SMILES string of the molecule is C=C(C(=O)C=O)c1ccc([N+](=O)[O-])cc1NC. The molecule has 1 N–H and O–H groups in total. The maximum atomic E-state index is 11.2. The summed E-state index contributed by atoms with van der Waals surface area (Å²) in [7, 11) is 1.56. The van der Waals surface area contributed by atoms with Crippen LogP contribution in [0.3, 0.4) is 0 Å². The van der Waals surface area contributed by atoms with E-state index in [4.69, 9.17) is 0 Å². The molecule has 1 aromatic rings. The van der Waals surface area contributed by atoms with Gasteiger partial charge in [-0.3, -0.25) is 19.7 Å². The molecule has 17 heavy (non-hydrogen) atoms. The fourth-order valence-electron chi connectivity index (χ4n) is 1.32. The molecule has 1 rings (SSSR count). The van der Waals surface area contributed by atoms with Crippen LogP contribution in [0.5, 0.6) is 0 Å². The van der Waals surface area contributed by atoms with Crippen LogP contribution in [0.4, 0.5) is 11.4 Å². The highest BCUT2D eigenvalue weighted by Crippen LogP contribution is 2.27. The third kappa shape index (κ3) is 2.54. The van der Waals surface area contributed by atoms with Gasteiger partial charge in [-0.1, -0.05) is 6.58 Å². The first kappa shape index (κ1) is 12.6. The summed E-state index contributed by atoms with van der Waals surface area (Å²) in [6, 6.07) is 3.91. The Bertz CT molecular complexity index is 508. The van der Waals surface area contributed by atoms with Crippen LogP contribution in [0, 0.1) is 10.1 Å². The van der Waals surface area contributed by atoms with Crippen molar-refractivity contribution in [3.05, 3.63) is 40.5 Å². The summed E-state index contributed by atoms with van der Waals surface area (Å²) in [5, 5.41) is 13.3. The minimum Gasteiger partial charge on any atom is -0.387 e. The Balaban J connectivity index is 3.26. The zero-order valence-electron chi connectivity index (χ0n) is 9.10. The fourth-order valence-corrected chi connectivity index (χ4v) is 1.32. The van der Waals surface area contributed by atoms with Crippen molar-refractivity contribution in [2.75, 3.05) is 12.4 Å². The molecule has 0 aliphatic carbocycles. The van der Waals surface area contributed by atoms with E-state index in [2.05, 4.69) is 11.9 Å². The third-order valence-corrected chi connectivity index (χ3v) is 2.21. The lowest BCUT2D eigenvalue weighted by Crippen LogP contribution is -2.04. The van der Waals surface area contributed by atoms with Gasteiger partial charge in [0.05, 0.1) is 4.92 Å². The van der Waals surface area contributed by atoms with Crippen LogP contribution in [-0.4, -0.2) is 24.0 Å². The zero-order chi connectivity index (χ0) is 13.0. The van der Waals surface area contributed by atoms with Crippen LogP contribution < -0.4 is 5.32 Å². The van der Waals surface area contributed by atoms with E-state index in [0.717, 1.165) is 0 Å². The smallest absolute Gasteiger partial charge is 0.271 e. The van der Waals surface area contributed by atoms with Crippen LogP contribution in [-0.2, 0) is 9.59 Å². The van der Waals surface area contributed by atoms with E-state index in [9.17, 15) is 19.7 Å². The van der Waals surface area contributed by atoms with E-state index in [1.54, 1.807) is 7.05 Å². The first-order chi connectivity index (χ1) is 8.01. The number of benzene rings is 1. The number of Topliss-reactive ketones (excluding diaryl/α,β-unsaturated/α-hetero) is 1. The lowest BCUT2D eigenvalue weighted by Gasteiger charge is -2.08. The van der Waals surface area contributed by atoms with Gasteiger partial charge in [0.2, 0.25) is 5.78 Å². The van der Waals surface area contributed by atoms with Gasteiger partial charge >= 0.3 is 0 Å². The molecule has 0 saturated heterocycles. The van der Waals surface area contributed by atoms with Crippen molar-refractivity contribution in [1.82, 2.24) is 0 Å². The molecule has 0 atom stereocenters. The van der Waals surface area contributed by atoms with E-state index in [1.165, 1.54) is 18.2 Å². The van der Waals surface area contributed by atoms with Crippen LogP contribution >= 0.6 is 0 Å². The summed E-state index contributed by atoms with van der Waals surface area (Å²) in [5.41, 5.74) is 0.637. The predicted molar refractivity (Wildman–Crippen MR) is 62.7 cm³/mol. The summed E-state index contributed by atoms with van der Waals surface area (Å²) in [6.07, 6.45) is 0.156. The third-order valence-electron chi connectivity index (χ3n) is 2.21. The highest BCUT2D eigenvalue weighted by Gasteiger charge is 2.15. The second kappa shape index (κ2) is 5.02. The standard InChI is InChI=1S/C11H10N2O4/c1-7(11(15)6-14)9-4-3-8(13(16)17)5-10(9)12-2/h3-6,12H,1H2,2H3. The molecule has 0 aliphatic rings. The summed E-state index contributed by atoms with van der Waals surface area (Å²) >= 11 is 0. The van der Waals surface area contributed by atoms with Crippen molar-refractivity contribution >= 4 is 29.0 Å². The molecule has 0 aliphatic heterocycles. The van der Waals surface area contributed by atoms with Gasteiger partial charge in [-0.15, -0.1) is 0 Å². The molecule has 0 unspecified atom stereocenters. The molecule has 0 radical (unpaired) electrons. The number of carbonyl (C=O) groups is 2. The fraction of sp³-hybridized carbons (Fsp3) is 0.0909. The number of allylic oxidation sites excluding steroid dienone is 1.